The van der Waals surface area contributed by atoms with E-state index in [0.717, 1.165) is 18.4 Å². The third-order valence-corrected chi connectivity index (χ3v) is 7.89. The van der Waals surface area contributed by atoms with Gasteiger partial charge in [0.2, 0.25) is 5.91 Å². The van der Waals surface area contributed by atoms with Crippen molar-refractivity contribution in [1.82, 2.24) is 14.7 Å². The minimum absolute atomic E-state index is 0.0713. The van der Waals surface area contributed by atoms with Crippen molar-refractivity contribution in [2.45, 2.75) is 109 Å². The third kappa shape index (κ3) is 4.72. The smallest absolute Gasteiger partial charge is 0.411 e. The van der Waals surface area contributed by atoms with E-state index in [1.165, 1.54) is 0 Å². The lowest BCUT2D eigenvalue weighted by Gasteiger charge is -2.59. The molecule has 8 nitrogen and oxygen atoms in total. The van der Waals surface area contributed by atoms with Gasteiger partial charge >= 0.3 is 6.09 Å². The minimum atomic E-state index is -0.982. The molecule has 1 spiro atoms. The summed E-state index contributed by atoms with van der Waals surface area (Å²) in [5, 5.41) is 0. The van der Waals surface area contributed by atoms with Crippen molar-refractivity contribution in [3.8, 4) is 0 Å². The van der Waals surface area contributed by atoms with Gasteiger partial charge in [-0.15, -0.1) is 0 Å². The Hall–Kier alpha value is -2.61. The topological polar surface area (TPSA) is 79.4 Å². The summed E-state index contributed by atoms with van der Waals surface area (Å²) >= 11 is 0. The Morgan fingerprint density at radius 1 is 1.11 bits per heavy atom. The fourth-order valence-electron chi connectivity index (χ4n) is 6.02. The lowest BCUT2D eigenvalue weighted by atomic mass is 9.75. The van der Waals surface area contributed by atoms with E-state index in [2.05, 4.69) is 0 Å². The largest absolute Gasteiger partial charge is 0.444 e. The van der Waals surface area contributed by atoms with E-state index in [9.17, 15) is 14.4 Å². The average molecular weight is 500 g/mol. The zero-order chi connectivity index (χ0) is 26.3. The van der Waals surface area contributed by atoms with Crippen LogP contribution in [0.5, 0.6) is 0 Å². The van der Waals surface area contributed by atoms with Gasteiger partial charge in [0.05, 0.1) is 18.8 Å². The SMILES string of the molecule is CC1CCC2(C(=O)N([C@H](C(=O)N3CCCC3)[C@@H](C)OCc3ccccc3)C2C)N1C(=O)OC(C)(C)C. The van der Waals surface area contributed by atoms with Gasteiger partial charge in [0.1, 0.15) is 17.2 Å². The zero-order valence-corrected chi connectivity index (χ0v) is 22.5. The highest BCUT2D eigenvalue weighted by molar-refractivity contribution is 6.01. The van der Waals surface area contributed by atoms with E-state index in [0.29, 0.717) is 32.5 Å². The predicted octanol–water partition coefficient (Wildman–Crippen LogP) is 3.97. The molecule has 1 aromatic rings. The molecule has 3 aliphatic rings. The Bertz CT molecular complexity index is 971. The zero-order valence-electron chi connectivity index (χ0n) is 22.5. The Kier molecular flexibility index (Phi) is 7.37. The minimum Gasteiger partial charge on any atom is -0.444 e. The van der Waals surface area contributed by atoms with Crippen LogP contribution in [0.4, 0.5) is 4.79 Å². The van der Waals surface area contributed by atoms with Gasteiger partial charge in [-0.2, -0.15) is 0 Å². The van der Waals surface area contributed by atoms with Crippen molar-refractivity contribution in [2.75, 3.05) is 13.1 Å². The molecule has 3 unspecified atom stereocenters. The van der Waals surface area contributed by atoms with E-state index >= 15 is 0 Å². The highest BCUT2D eigenvalue weighted by Crippen LogP contribution is 2.48. The number of ether oxygens (including phenoxy) is 2. The van der Waals surface area contributed by atoms with Crippen molar-refractivity contribution >= 4 is 17.9 Å². The fraction of sp³-hybridized carbons (Fsp3) is 0.679. The Labute approximate surface area is 214 Å². The molecule has 3 amide bonds. The number of carbonyl (C=O) groups excluding carboxylic acids is 3. The second-order valence-electron chi connectivity index (χ2n) is 11.5. The maximum atomic E-state index is 14.0. The summed E-state index contributed by atoms with van der Waals surface area (Å²) in [5.74, 6) is -0.254. The third-order valence-electron chi connectivity index (χ3n) is 7.89. The molecule has 3 fully saturated rings. The molecule has 0 aromatic heterocycles. The maximum absolute atomic E-state index is 14.0. The number of nitrogens with zero attached hydrogens (tertiary/aromatic N) is 3. The highest BCUT2D eigenvalue weighted by atomic mass is 16.6. The van der Waals surface area contributed by atoms with Crippen LogP contribution < -0.4 is 0 Å². The standard InChI is InChI=1S/C28H41N3O5/c1-19-14-15-28(31(19)26(34)36-27(4,5)6)21(3)30(25(28)33)23(24(32)29-16-10-11-17-29)20(2)35-18-22-12-8-7-9-13-22/h7-9,12-13,19-21,23H,10-11,14-18H2,1-6H3/t19?,20-,21?,23+,28?/m1/s1. The molecule has 3 aliphatic heterocycles. The van der Waals surface area contributed by atoms with Crippen molar-refractivity contribution in [1.29, 1.82) is 0 Å². The van der Waals surface area contributed by atoms with Gasteiger partial charge in [0.25, 0.3) is 5.91 Å². The molecule has 4 rings (SSSR count). The highest BCUT2D eigenvalue weighted by Gasteiger charge is 2.69. The molecule has 0 radical (unpaired) electrons. The summed E-state index contributed by atoms with van der Waals surface area (Å²) in [5.41, 5.74) is -0.633. The quantitative estimate of drug-likeness (QED) is 0.554. The van der Waals surface area contributed by atoms with E-state index in [1.807, 2.05) is 76.8 Å². The van der Waals surface area contributed by atoms with Crippen molar-refractivity contribution < 1.29 is 23.9 Å². The van der Waals surface area contributed by atoms with Gasteiger partial charge in [-0.25, -0.2) is 4.79 Å². The van der Waals surface area contributed by atoms with Crippen LogP contribution in [0.3, 0.4) is 0 Å². The molecular formula is C28H41N3O5. The molecule has 0 bridgehead atoms. The van der Waals surface area contributed by atoms with Crippen molar-refractivity contribution in [3.05, 3.63) is 35.9 Å². The average Bonchev–Trinajstić information content (AvgIpc) is 3.49. The predicted molar refractivity (Wildman–Crippen MR) is 136 cm³/mol. The lowest BCUT2D eigenvalue weighted by Crippen LogP contribution is -2.82. The number of rotatable bonds is 6. The molecule has 198 valence electrons. The fourth-order valence-corrected chi connectivity index (χ4v) is 6.02. The number of hydrogen-bond donors (Lipinski definition) is 0. The molecule has 3 heterocycles. The number of β-lactam (4-membered cyclic amide) rings is 1. The van der Waals surface area contributed by atoms with Crippen LogP contribution in [0.1, 0.15) is 72.8 Å². The van der Waals surface area contributed by atoms with Crippen molar-refractivity contribution in [2.24, 2.45) is 0 Å². The first-order valence-corrected chi connectivity index (χ1v) is 13.3. The van der Waals surface area contributed by atoms with E-state index in [4.69, 9.17) is 9.47 Å². The summed E-state index contributed by atoms with van der Waals surface area (Å²) < 4.78 is 11.9. The first kappa shape index (κ1) is 26.5. The summed E-state index contributed by atoms with van der Waals surface area (Å²) in [7, 11) is 0. The summed E-state index contributed by atoms with van der Waals surface area (Å²) in [6, 6.07) is 8.63. The Balaban J connectivity index is 1.58. The van der Waals surface area contributed by atoms with E-state index < -0.39 is 29.4 Å². The monoisotopic (exact) mass is 499 g/mol. The number of hydrogen-bond acceptors (Lipinski definition) is 5. The molecule has 36 heavy (non-hydrogen) atoms. The molecule has 0 N–H and O–H groups in total. The maximum Gasteiger partial charge on any atom is 0.411 e. The molecular weight excluding hydrogens is 458 g/mol. The normalized spacial score (nSPS) is 27.8. The summed E-state index contributed by atoms with van der Waals surface area (Å²) in [4.78, 5) is 46.1. The van der Waals surface area contributed by atoms with Crippen LogP contribution in [0, 0.1) is 0 Å². The van der Waals surface area contributed by atoms with Crippen LogP contribution in [-0.2, 0) is 25.7 Å². The molecule has 3 saturated heterocycles. The molecule has 8 heteroatoms. The van der Waals surface area contributed by atoms with Crippen LogP contribution in [0.15, 0.2) is 30.3 Å². The van der Waals surface area contributed by atoms with Crippen LogP contribution in [-0.4, -0.2) is 81.1 Å². The summed E-state index contributed by atoms with van der Waals surface area (Å²) in [6.07, 6.45) is 2.24. The molecule has 0 saturated carbocycles. The first-order valence-electron chi connectivity index (χ1n) is 13.3. The molecule has 0 aliphatic carbocycles. The number of amides is 3. The van der Waals surface area contributed by atoms with Gasteiger partial charge in [0.15, 0.2) is 0 Å². The number of likely N-dealkylation sites (tertiary alicyclic amines) is 3. The molecule has 5 atom stereocenters. The van der Waals surface area contributed by atoms with Gasteiger partial charge in [-0.3, -0.25) is 14.5 Å². The second kappa shape index (κ2) is 10.0. The number of benzene rings is 1. The Morgan fingerprint density at radius 3 is 2.33 bits per heavy atom. The number of carbonyl (C=O) groups is 3. The Morgan fingerprint density at radius 2 is 1.75 bits per heavy atom. The van der Waals surface area contributed by atoms with Gasteiger partial charge in [0, 0.05) is 19.1 Å². The molecule has 1 aromatic carbocycles. The van der Waals surface area contributed by atoms with Crippen LogP contribution in [0.25, 0.3) is 0 Å². The summed E-state index contributed by atoms with van der Waals surface area (Å²) in [6.45, 7) is 13.0. The van der Waals surface area contributed by atoms with E-state index in [-0.39, 0.29) is 23.9 Å². The van der Waals surface area contributed by atoms with Gasteiger partial charge in [-0.1, -0.05) is 30.3 Å². The second-order valence-corrected chi connectivity index (χ2v) is 11.5. The van der Waals surface area contributed by atoms with E-state index in [1.54, 1.807) is 9.80 Å². The lowest BCUT2D eigenvalue weighted by molar-refractivity contribution is -0.188. The first-order chi connectivity index (χ1) is 17.0. The van der Waals surface area contributed by atoms with Crippen LogP contribution >= 0.6 is 0 Å². The van der Waals surface area contributed by atoms with Crippen LogP contribution in [0.2, 0.25) is 0 Å². The van der Waals surface area contributed by atoms with Crippen molar-refractivity contribution in [3.63, 3.8) is 0 Å². The van der Waals surface area contributed by atoms with Gasteiger partial charge in [-0.05, 0) is 72.8 Å². The van der Waals surface area contributed by atoms with Gasteiger partial charge < -0.3 is 19.3 Å².